The van der Waals surface area contributed by atoms with Crippen molar-refractivity contribution in [3.63, 3.8) is 0 Å². The summed E-state index contributed by atoms with van der Waals surface area (Å²) < 4.78 is 18.0. The lowest BCUT2D eigenvalue weighted by Crippen LogP contribution is -2.08. The molecule has 0 N–H and O–H groups in total. The van der Waals surface area contributed by atoms with E-state index in [1.807, 2.05) is 0 Å². The Morgan fingerprint density at radius 2 is 1.84 bits per heavy atom. The lowest BCUT2D eigenvalue weighted by atomic mass is 10.1. The maximum absolute atomic E-state index is 13.5. The minimum absolute atomic E-state index is 0.303. The fourth-order valence-corrected chi connectivity index (χ4v) is 2.15. The Kier molecular flexibility index (Phi) is 4.02. The van der Waals surface area contributed by atoms with E-state index in [-0.39, 0.29) is 0 Å². The summed E-state index contributed by atoms with van der Waals surface area (Å²) in [5.74, 6) is -1.62. The quantitative estimate of drug-likeness (QED) is 0.787. The third-order valence-electron chi connectivity index (χ3n) is 2.44. The number of benzene rings is 1. The van der Waals surface area contributed by atoms with Gasteiger partial charge < -0.3 is 4.74 Å². The minimum Gasteiger partial charge on any atom is -0.464 e. The molecule has 1 aromatic heterocycles. The monoisotopic (exact) mass is 299 g/mol. The zero-order valence-corrected chi connectivity index (χ0v) is 11.3. The second-order valence-corrected chi connectivity index (χ2v) is 4.43. The molecule has 0 bridgehead atoms. The number of ether oxygens (including phenoxy) is 1. The number of halogens is 3. The average Bonchev–Trinajstić information content (AvgIpc) is 2.39. The van der Waals surface area contributed by atoms with Crippen molar-refractivity contribution in [2.75, 3.05) is 7.11 Å². The molecule has 0 unspecified atom stereocenters. The van der Waals surface area contributed by atoms with E-state index in [2.05, 4.69) is 9.72 Å². The minimum atomic E-state index is -0.859. The van der Waals surface area contributed by atoms with Gasteiger partial charge in [0.15, 0.2) is 11.5 Å². The molecule has 0 aliphatic carbocycles. The summed E-state index contributed by atoms with van der Waals surface area (Å²) in [6.07, 6.45) is 0. The number of esters is 1. The van der Waals surface area contributed by atoms with Gasteiger partial charge in [-0.05, 0) is 24.3 Å². The van der Waals surface area contributed by atoms with Gasteiger partial charge in [-0.3, -0.25) is 0 Å². The molecule has 98 valence electrons. The molecule has 0 saturated carbocycles. The van der Waals surface area contributed by atoms with Crippen LogP contribution in [0, 0.1) is 5.82 Å². The number of rotatable bonds is 2. The molecule has 3 nitrogen and oxygen atoms in total. The first-order valence-electron chi connectivity index (χ1n) is 5.24. The van der Waals surface area contributed by atoms with E-state index in [1.54, 1.807) is 18.2 Å². The third-order valence-corrected chi connectivity index (χ3v) is 3.07. The van der Waals surface area contributed by atoms with Crippen LogP contribution in [0.25, 0.3) is 11.3 Å². The predicted molar refractivity (Wildman–Crippen MR) is 71.0 cm³/mol. The van der Waals surface area contributed by atoms with E-state index in [1.165, 1.54) is 6.07 Å². The Bertz CT molecular complexity index is 626. The Morgan fingerprint density at radius 3 is 2.42 bits per heavy atom. The first-order valence-corrected chi connectivity index (χ1v) is 5.99. The Morgan fingerprint density at radius 1 is 1.21 bits per heavy atom. The van der Waals surface area contributed by atoms with Crippen molar-refractivity contribution in [1.82, 2.24) is 4.98 Å². The molecule has 0 spiro atoms. The van der Waals surface area contributed by atoms with E-state index < -0.39 is 17.5 Å². The van der Waals surface area contributed by atoms with E-state index >= 15 is 0 Å². The van der Waals surface area contributed by atoms with Gasteiger partial charge in [0.25, 0.3) is 0 Å². The molecule has 1 heterocycles. The number of carbonyl (C=O) groups is 1. The van der Waals surface area contributed by atoms with Crippen LogP contribution in [-0.2, 0) is 4.74 Å². The second kappa shape index (κ2) is 5.55. The van der Waals surface area contributed by atoms with E-state index in [9.17, 15) is 9.18 Å². The Balaban J connectivity index is 2.61. The van der Waals surface area contributed by atoms with Gasteiger partial charge >= 0.3 is 5.97 Å². The molecule has 1 aromatic carbocycles. The molecule has 2 aromatic rings. The highest BCUT2D eigenvalue weighted by molar-refractivity contribution is 6.39. The fraction of sp³-hybridized carbons (Fsp3) is 0.0769. The topological polar surface area (TPSA) is 39.2 Å². The SMILES string of the molecule is COC(=O)c1nc(-c2c(Cl)cccc2Cl)ccc1F. The molecular formula is C13H8Cl2FNO2. The van der Waals surface area contributed by atoms with Gasteiger partial charge in [-0.15, -0.1) is 0 Å². The van der Waals surface area contributed by atoms with Crippen LogP contribution in [0.5, 0.6) is 0 Å². The average molecular weight is 300 g/mol. The third kappa shape index (κ3) is 2.69. The van der Waals surface area contributed by atoms with Gasteiger partial charge in [0.05, 0.1) is 22.8 Å². The lowest BCUT2D eigenvalue weighted by molar-refractivity contribution is 0.0588. The Labute approximate surface area is 118 Å². The highest BCUT2D eigenvalue weighted by Gasteiger charge is 2.17. The zero-order valence-electron chi connectivity index (χ0n) is 9.78. The highest BCUT2D eigenvalue weighted by Crippen LogP contribution is 2.33. The van der Waals surface area contributed by atoms with Crippen LogP contribution in [0.1, 0.15) is 10.5 Å². The number of nitrogens with zero attached hydrogens (tertiary/aromatic N) is 1. The number of aromatic nitrogens is 1. The van der Waals surface area contributed by atoms with Gasteiger partial charge in [0.2, 0.25) is 0 Å². The molecule has 0 amide bonds. The van der Waals surface area contributed by atoms with Crippen LogP contribution >= 0.6 is 23.2 Å². The molecule has 19 heavy (non-hydrogen) atoms. The van der Waals surface area contributed by atoms with Gasteiger partial charge in [-0.2, -0.15) is 0 Å². The van der Waals surface area contributed by atoms with E-state index in [4.69, 9.17) is 23.2 Å². The van der Waals surface area contributed by atoms with Crippen molar-refractivity contribution < 1.29 is 13.9 Å². The molecule has 0 fully saturated rings. The van der Waals surface area contributed by atoms with Gasteiger partial charge in [-0.1, -0.05) is 29.3 Å². The maximum Gasteiger partial charge on any atom is 0.359 e. The van der Waals surface area contributed by atoms with Crippen molar-refractivity contribution in [1.29, 1.82) is 0 Å². The first-order chi connectivity index (χ1) is 9.04. The smallest absolute Gasteiger partial charge is 0.359 e. The van der Waals surface area contributed by atoms with Crippen molar-refractivity contribution in [3.05, 3.63) is 51.9 Å². The first kappa shape index (κ1) is 13.8. The van der Waals surface area contributed by atoms with Crippen molar-refractivity contribution in [2.45, 2.75) is 0 Å². The Hall–Kier alpha value is -1.65. The van der Waals surface area contributed by atoms with Crippen LogP contribution in [0.2, 0.25) is 10.0 Å². The molecule has 6 heteroatoms. The molecule has 0 aliphatic heterocycles. The summed E-state index contributed by atoms with van der Waals surface area (Å²) in [4.78, 5) is 15.3. The largest absolute Gasteiger partial charge is 0.464 e. The summed E-state index contributed by atoms with van der Waals surface area (Å²) in [7, 11) is 1.15. The zero-order chi connectivity index (χ0) is 14.0. The number of carbonyl (C=O) groups excluding carboxylic acids is 1. The van der Waals surface area contributed by atoms with E-state index in [0.29, 0.717) is 21.3 Å². The van der Waals surface area contributed by atoms with Crippen LogP contribution < -0.4 is 0 Å². The standard InChI is InChI=1S/C13H8Cl2FNO2/c1-19-13(18)12-9(16)5-6-10(17-12)11-7(14)3-2-4-8(11)15/h2-6H,1H3. The van der Waals surface area contributed by atoms with Gasteiger partial charge in [-0.25, -0.2) is 14.2 Å². The molecule has 0 atom stereocenters. The van der Waals surface area contributed by atoms with Crippen molar-refractivity contribution in [3.8, 4) is 11.3 Å². The van der Waals surface area contributed by atoms with Crippen molar-refractivity contribution in [2.24, 2.45) is 0 Å². The van der Waals surface area contributed by atoms with Crippen LogP contribution in [0.15, 0.2) is 30.3 Å². The summed E-state index contributed by atoms with van der Waals surface area (Å²) >= 11 is 12.1. The maximum atomic E-state index is 13.5. The molecule has 2 rings (SSSR count). The number of hydrogen-bond acceptors (Lipinski definition) is 3. The summed E-state index contributed by atoms with van der Waals surface area (Å²) in [6, 6.07) is 7.46. The van der Waals surface area contributed by atoms with Crippen molar-refractivity contribution >= 4 is 29.2 Å². The molecule has 0 aliphatic rings. The van der Waals surface area contributed by atoms with Gasteiger partial charge in [0, 0.05) is 5.56 Å². The van der Waals surface area contributed by atoms with Gasteiger partial charge in [0.1, 0.15) is 0 Å². The summed E-state index contributed by atoms with van der Waals surface area (Å²) in [5, 5.41) is 0.727. The normalized spacial score (nSPS) is 10.3. The fourth-order valence-electron chi connectivity index (χ4n) is 1.56. The summed E-state index contributed by atoms with van der Waals surface area (Å²) in [5.41, 5.74) is 0.337. The second-order valence-electron chi connectivity index (χ2n) is 3.62. The lowest BCUT2D eigenvalue weighted by Gasteiger charge is -2.08. The highest BCUT2D eigenvalue weighted by atomic mass is 35.5. The van der Waals surface area contributed by atoms with Crippen LogP contribution in [0.4, 0.5) is 4.39 Å². The molecule has 0 radical (unpaired) electrons. The summed E-state index contributed by atoms with van der Waals surface area (Å²) in [6.45, 7) is 0. The predicted octanol–water partition coefficient (Wildman–Crippen LogP) is 3.98. The number of hydrogen-bond donors (Lipinski definition) is 0. The van der Waals surface area contributed by atoms with E-state index in [0.717, 1.165) is 13.2 Å². The molecular weight excluding hydrogens is 292 g/mol. The van der Waals surface area contributed by atoms with Crippen LogP contribution in [-0.4, -0.2) is 18.1 Å². The molecule has 0 saturated heterocycles. The van der Waals surface area contributed by atoms with Crippen LogP contribution in [0.3, 0.4) is 0 Å². The number of methoxy groups -OCH3 is 1. The number of pyridine rings is 1.